The summed E-state index contributed by atoms with van der Waals surface area (Å²) in [6.07, 6.45) is 3.86. The third kappa shape index (κ3) is 2.34. The lowest BCUT2D eigenvalue weighted by Gasteiger charge is -2.05. The number of furan rings is 1. The van der Waals surface area contributed by atoms with Gasteiger partial charge in [0, 0.05) is 11.6 Å². The summed E-state index contributed by atoms with van der Waals surface area (Å²) in [5.41, 5.74) is 1.42. The summed E-state index contributed by atoms with van der Waals surface area (Å²) in [4.78, 5) is 0. The molecule has 0 amide bonds. The molecular formula is C11H6F4N2O. The molecule has 3 nitrogen and oxygen atoms in total. The largest absolute Gasteiger partial charge is 0.472 e. The Morgan fingerprint density at radius 1 is 1.11 bits per heavy atom. The summed E-state index contributed by atoms with van der Waals surface area (Å²) in [7, 11) is 0. The van der Waals surface area contributed by atoms with Gasteiger partial charge in [0.05, 0.1) is 18.7 Å². The first-order valence-electron chi connectivity index (χ1n) is 4.74. The molecule has 0 aliphatic rings. The van der Waals surface area contributed by atoms with Crippen LogP contribution in [-0.2, 0) is 0 Å². The smallest absolute Gasteiger partial charge is 0.186 e. The molecule has 0 radical (unpaired) electrons. The number of nitrogens with zero attached hydrogens (tertiary/aromatic N) is 1. The van der Waals surface area contributed by atoms with Gasteiger partial charge in [0.2, 0.25) is 0 Å². The van der Waals surface area contributed by atoms with Gasteiger partial charge in [0.25, 0.3) is 0 Å². The number of benzene rings is 1. The van der Waals surface area contributed by atoms with Crippen LogP contribution in [0.25, 0.3) is 0 Å². The van der Waals surface area contributed by atoms with Crippen molar-refractivity contribution in [3.8, 4) is 0 Å². The van der Waals surface area contributed by atoms with Gasteiger partial charge in [-0.15, -0.1) is 0 Å². The highest BCUT2D eigenvalue weighted by Gasteiger charge is 2.18. The van der Waals surface area contributed by atoms with Crippen LogP contribution < -0.4 is 5.43 Å². The van der Waals surface area contributed by atoms with E-state index in [0.29, 0.717) is 5.56 Å². The van der Waals surface area contributed by atoms with E-state index in [-0.39, 0.29) is 6.07 Å². The van der Waals surface area contributed by atoms with E-state index in [4.69, 9.17) is 4.42 Å². The summed E-state index contributed by atoms with van der Waals surface area (Å²) in [6, 6.07) is 1.65. The van der Waals surface area contributed by atoms with Crippen molar-refractivity contribution in [2.24, 2.45) is 5.10 Å². The Morgan fingerprint density at radius 2 is 1.78 bits per heavy atom. The van der Waals surface area contributed by atoms with Crippen molar-refractivity contribution >= 4 is 11.9 Å². The van der Waals surface area contributed by atoms with Gasteiger partial charge in [0.15, 0.2) is 23.3 Å². The molecule has 0 fully saturated rings. The first kappa shape index (κ1) is 12.2. The van der Waals surface area contributed by atoms with Gasteiger partial charge >= 0.3 is 0 Å². The molecule has 1 N–H and O–H groups in total. The molecule has 0 saturated carbocycles. The lowest BCUT2D eigenvalue weighted by Crippen LogP contribution is -2.02. The minimum atomic E-state index is -1.54. The van der Waals surface area contributed by atoms with E-state index >= 15 is 0 Å². The van der Waals surface area contributed by atoms with Crippen molar-refractivity contribution < 1.29 is 22.0 Å². The van der Waals surface area contributed by atoms with Crippen molar-refractivity contribution in [3.05, 3.63) is 53.5 Å². The van der Waals surface area contributed by atoms with E-state index in [1.54, 1.807) is 0 Å². The highest BCUT2D eigenvalue weighted by molar-refractivity contribution is 5.79. The lowest BCUT2D eigenvalue weighted by molar-refractivity contribution is 0.458. The van der Waals surface area contributed by atoms with Crippen LogP contribution in [0.15, 0.2) is 34.2 Å². The predicted molar refractivity (Wildman–Crippen MR) is 56.2 cm³/mol. The molecule has 0 saturated heterocycles. The van der Waals surface area contributed by atoms with Crippen LogP contribution in [0.1, 0.15) is 5.56 Å². The van der Waals surface area contributed by atoms with E-state index in [1.165, 1.54) is 24.8 Å². The third-order valence-electron chi connectivity index (χ3n) is 2.04. The van der Waals surface area contributed by atoms with Gasteiger partial charge in [-0.25, -0.2) is 17.6 Å². The van der Waals surface area contributed by atoms with E-state index in [1.807, 2.05) is 5.43 Å². The summed E-state index contributed by atoms with van der Waals surface area (Å²) < 4.78 is 56.7. The molecular weight excluding hydrogens is 252 g/mol. The third-order valence-corrected chi connectivity index (χ3v) is 2.04. The molecule has 0 aliphatic heterocycles. The molecule has 18 heavy (non-hydrogen) atoms. The lowest BCUT2D eigenvalue weighted by atomic mass is 10.2. The number of anilines is 1. The zero-order valence-corrected chi connectivity index (χ0v) is 8.75. The molecule has 2 rings (SSSR count). The maximum Gasteiger partial charge on any atom is 0.186 e. The predicted octanol–water partition coefficient (Wildman–Crippen LogP) is 3.28. The van der Waals surface area contributed by atoms with Crippen molar-refractivity contribution in [1.29, 1.82) is 0 Å². The quantitative estimate of drug-likeness (QED) is 0.397. The van der Waals surface area contributed by atoms with Crippen LogP contribution in [0.4, 0.5) is 23.2 Å². The normalized spacial score (nSPS) is 11.1. The van der Waals surface area contributed by atoms with Gasteiger partial charge in [-0.2, -0.15) is 5.10 Å². The van der Waals surface area contributed by atoms with Crippen LogP contribution in [0.3, 0.4) is 0 Å². The van der Waals surface area contributed by atoms with E-state index < -0.39 is 29.0 Å². The number of rotatable bonds is 3. The standard InChI is InChI=1S/C11H6F4N2O/c12-7-3-8(13)10(15)11(9(7)14)17-16-4-6-1-2-18-5-6/h1-5,17H/b16-4-. The second-order valence-electron chi connectivity index (χ2n) is 3.27. The van der Waals surface area contributed by atoms with Crippen LogP contribution in [0.2, 0.25) is 0 Å². The number of hydrazone groups is 1. The second kappa shape index (κ2) is 4.91. The van der Waals surface area contributed by atoms with Crippen LogP contribution in [0.5, 0.6) is 0 Å². The summed E-state index contributed by atoms with van der Waals surface area (Å²) in [5.74, 6) is -6.10. The number of hydrogen-bond acceptors (Lipinski definition) is 3. The Morgan fingerprint density at radius 3 is 2.33 bits per heavy atom. The molecule has 0 bridgehead atoms. The molecule has 0 unspecified atom stereocenters. The minimum absolute atomic E-state index is 0.121. The Labute approximate surface area is 98.7 Å². The monoisotopic (exact) mass is 258 g/mol. The summed E-state index contributed by atoms with van der Waals surface area (Å²) in [5, 5.41) is 3.44. The average Bonchev–Trinajstić information content (AvgIpc) is 2.84. The van der Waals surface area contributed by atoms with Crippen molar-refractivity contribution in [1.82, 2.24) is 0 Å². The maximum absolute atomic E-state index is 13.2. The zero-order valence-electron chi connectivity index (χ0n) is 8.75. The molecule has 0 atom stereocenters. The van der Waals surface area contributed by atoms with Crippen molar-refractivity contribution in [2.45, 2.75) is 0 Å². The maximum atomic E-state index is 13.2. The Bertz CT molecular complexity index is 555. The molecule has 2 aromatic rings. The zero-order chi connectivity index (χ0) is 13.1. The van der Waals surface area contributed by atoms with Gasteiger partial charge in [0.1, 0.15) is 5.69 Å². The number of hydrogen-bond donors (Lipinski definition) is 1. The van der Waals surface area contributed by atoms with Crippen molar-refractivity contribution in [2.75, 3.05) is 5.43 Å². The first-order valence-corrected chi connectivity index (χ1v) is 4.74. The molecule has 1 heterocycles. The summed E-state index contributed by atoms with van der Waals surface area (Å²) in [6.45, 7) is 0. The molecule has 0 aliphatic carbocycles. The van der Waals surface area contributed by atoms with Crippen LogP contribution in [0, 0.1) is 23.3 Å². The molecule has 94 valence electrons. The first-order chi connectivity index (χ1) is 8.59. The van der Waals surface area contributed by atoms with Crippen molar-refractivity contribution in [3.63, 3.8) is 0 Å². The molecule has 1 aromatic carbocycles. The highest BCUT2D eigenvalue weighted by Crippen LogP contribution is 2.23. The van der Waals surface area contributed by atoms with Gasteiger partial charge in [-0.05, 0) is 6.07 Å². The average molecular weight is 258 g/mol. The van der Waals surface area contributed by atoms with E-state index in [9.17, 15) is 17.6 Å². The Kier molecular flexibility index (Phi) is 3.31. The fourth-order valence-electron chi connectivity index (χ4n) is 1.19. The molecule has 1 aromatic heterocycles. The van der Waals surface area contributed by atoms with Crippen LogP contribution >= 0.6 is 0 Å². The topological polar surface area (TPSA) is 37.5 Å². The Hall–Kier alpha value is -2.31. The molecule has 7 heteroatoms. The van der Waals surface area contributed by atoms with Gasteiger partial charge in [-0.1, -0.05) is 0 Å². The number of nitrogens with one attached hydrogen (secondary N) is 1. The van der Waals surface area contributed by atoms with E-state index in [2.05, 4.69) is 5.10 Å². The summed E-state index contributed by atoms with van der Waals surface area (Å²) >= 11 is 0. The van der Waals surface area contributed by atoms with Gasteiger partial charge in [-0.3, -0.25) is 5.43 Å². The molecule has 0 spiro atoms. The fourth-order valence-corrected chi connectivity index (χ4v) is 1.19. The van der Waals surface area contributed by atoms with Crippen LogP contribution in [-0.4, -0.2) is 6.21 Å². The Balaban J connectivity index is 2.24. The number of halogens is 4. The second-order valence-corrected chi connectivity index (χ2v) is 3.27. The fraction of sp³-hybridized carbons (Fsp3) is 0. The highest BCUT2D eigenvalue weighted by atomic mass is 19.2. The SMILES string of the molecule is Fc1cc(F)c(F)c(N/N=C\c2ccoc2)c1F. The van der Waals surface area contributed by atoms with E-state index in [0.717, 1.165) is 0 Å². The van der Waals surface area contributed by atoms with Gasteiger partial charge < -0.3 is 4.42 Å². The minimum Gasteiger partial charge on any atom is -0.472 e.